The van der Waals surface area contributed by atoms with Crippen LogP contribution in [0.15, 0.2) is 36.5 Å². The van der Waals surface area contributed by atoms with Crippen LogP contribution in [0.25, 0.3) is 22.6 Å². The average molecular weight is 311 g/mol. The molecule has 6 heteroatoms. The van der Waals surface area contributed by atoms with Gasteiger partial charge in [0.25, 0.3) is 0 Å². The first-order chi connectivity index (χ1) is 11.0. The quantitative estimate of drug-likeness (QED) is 0.801. The first-order valence-electron chi connectivity index (χ1n) is 7.23. The van der Waals surface area contributed by atoms with Crippen LogP contribution in [0.1, 0.15) is 18.5 Å². The minimum absolute atomic E-state index is 0.566. The number of aliphatic carboxylic acids is 1. The van der Waals surface area contributed by atoms with Gasteiger partial charge in [-0.3, -0.25) is 4.57 Å². The highest BCUT2D eigenvalue weighted by atomic mass is 16.5. The smallest absolute Gasteiger partial charge is 0.326 e. The summed E-state index contributed by atoms with van der Waals surface area (Å²) in [7, 11) is 1.60. The van der Waals surface area contributed by atoms with Crippen LogP contribution in [0.3, 0.4) is 0 Å². The van der Waals surface area contributed by atoms with E-state index < -0.39 is 12.0 Å². The molecule has 0 saturated carbocycles. The molecule has 0 radical (unpaired) electrons. The zero-order valence-corrected chi connectivity index (χ0v) is 13.1. The number of imidazole rings is 1. The summed E-state index contributed by atoms with van der Waals surface area (Å²) in [6, 6.07) is 8.50. The third-order valence-corrected chi connectivity index (χ3v) is 3.76. The van der Waals surface area contributed by atoms with E-state index in [4.69, 9.17) is 4.74 Å². The van der Waals surface area contributed by atoms with Crippen molar-refractivity contribution in [2.24, 2.45) is 0 Å². The summed E-state index contributed by atoms with van der Waals surface area (Å²) in [5.41, 5.74) is 3.04. The summed E-state index contributed by atoms with van der Waals surface area (Å²) in [4.78, 5) is 20.5. The van der Waals surface area contributed by atoms with Crippen LogP contribution in [0.4, 0.5) is 0 Å². The number of aryl methyl sites for hydroxylation is 1. The molecule has 1 atom stereocenters. The van der Waals surface area contributed by atoms with Crippen molar-refractivity contribution in [3.8, 4) is 17.1 Å². The summed E-state index contributed by atoms with van der Waals surface area (Å²) in [5, 5.41) is 9.42. The SMILES string of the molecule is COc1ccc(-c2nc3cc(C)cnc3n2C(C)C(=O)O)cc1. The molecule has 0 spiro atoms. The summed E-state index contributed by atoms with van der Waals surface area (Å²) in [6.07, 6.45) is 1.72. The van der Waals surface area contributed by atoms with Crippen LogP contribution >= 0.6 is 0 Å². The second-order valence-electron chi connectivity index (χ2n) is 5.40. The Hall–Kier alpha value is -2.89. The zero-order valence-electron chi connectivity index (χ0n) is 13.1. The highest BCUT2D eigenvalue weighted by Crippen LogP contribution is 2.29. The number of carboxylic acids is 1. The number of ether oxygens (including phenoxy) is 1. The van der Waals surface area contributed by atoms with E-state index in [9.17, 15) is 9.90 Å². The van der Waals surface area contributed by atoms with Gasteiger partial charge in [0, 0.05) is 11.8 Å². The molecule has 3 aromatic rings. The van der Waals surface area contributed by atoms with Gasteiger partial charge in [-0.1, -0.05) is 0 Å². The maximum Gasteiger partial charge on any atom is 0.326 e. The van der Waals surface area contributed by atoms with Gasteiger partial charge in [0.15, 0.2) is 5.65 Å². The fourth-order valence-corrected chi connectivity index (χ4v) is 2.50. The van der Waals surface area contributed by atoms with Gasteiger partial charge in [-0.2, -0.15) is 0 Å². The second-order valence-corrected chi connectivity index (χ2v) is 5.40. The van der Waals surface area contributed by atoms with Crippen LogP contribution in [-0.4, -0.2) is 32.7 Å². The highest BCUT2D eigenvalue weighted by Gasteiger charge is 2.22. The third-order valence-electron chi connectivity index (χ3n) is 3.76. The molecular weight excluding hydrogens is 294 g/mol. The molecule has 2 aromatic heterocycles. The molecule has 118 valence electrons. The molecule has 0 bridgehead atoms. The van der Waals surface area contributed by atoms with E-state index in [-0.39, 0.29) is 0 Å². The summed E-state index contributed by atoms with van der Waals surface area (Å²) in [6.45, 7) is 3.55. The maximum atomic E-state index is 11.5. The number of fused-ring (bicyclic) bond motifs is 1. The van der Waals surface area contributed by atoms with E-state index in [1.54, 1.807) is 24.8 Å². The molecule has 1 N–H and O–H groups in total. The molecule has 1 aromatic carbocycles. The van der Waals surface area contributed by atoms with E-state index >= 15 is 0 Å². The average Bonchev–Trinajstić information content (AvgIpc) is 2.92. The summed E-state index contributed by atoms with van der Waals surface area (Å²) >= 11 is 0. The number of methoxy groups -OCH3 is 1. The fraction of sp³-hybridized carbons (Fsp3) is 0.235. The van der Waals surface area contributed by atoms with Crippen LogP contribution in [0.2, 0.25) is 0 Å². The lowest BCUT2D eigenvalue weighted by molar-refractivity contribution is -0.140. The number of carbonyl (C=O) groups is 1. The molecule has 3 rings (SSSR count). The molecular formula is C17H17N3O3. The van der Waals surface area contributed by atoms with Gasteiger partial charge in [-0.15, -0.1) is 0 Å². The van der Waals surface area contributed by atoms with Gasteiger partial charge in [0.2, 0.25) is 0 Å². The van der Waals surface area contributed by atoms with E-state index in [1.165, 1.54) is 0 Å². The Balaban J connectivity index is 2.25. The van der Waals surface area contributed by atoms with Gasteiger partial charge < -0.3 is 9.84 Å². The second kappa shape index (κ2) is 5.72. The standard InChI is InChI=1S/C17H17N3O3/c1-10-8-14-16(18-9-10)20(11(2)17(21)22)15(19-14)12-4-6-13(23-3)7-5-12/h4-9,11H,1-3H3,(H,21,22). The van der Waals surface area contributed by atoms with Crippen molar-refractivity contribution in [3.05, 3.63) is 42.1 Å². The number of nitrogens with zero attached hydrogens (tertiary/aromatic N) is 3. The predicted molar refractivity (Wildman–Crippen MR) is 86.6 cm³/mol. The number of hydrogen-bond acceptors (Lipinski definition) is 4. The Labute approximate surface area is 133 Å². The van der Waals surface area contributed by atoms with E-state index in [2.05, 4.69) is 9.97 Å². The molecule has 23 heavy (non-hydrogen) atoms. The lowest BCUT2D eigenvalue weighted by Crippen LogP contribution is -2.17. The molecule has 2 heterocycles. The largest absolute Gasteiger partial charge is 0.497 e. The lowest BCUT2D eigenvalue weighted by atomic mass is 10.2. The van der Waals surface area contributed by atoms with E-state index in [0.717, 1.165) is 16.9 Å². The molecule has 0 aliphatic carbocycles. The minimum atomic E-state index is -0.929. The lowest BCUT2D eigenvalue weighted by Gasteiger charge is -2.13. The Bertz CT molecular complexity index is 869. The predicted octanol–water partition coefficient (Wildman–Crippen LogP) is 3.06. The first-order valence-corrected chi connectivity index (χ1v) is 7.23. The van der Waals surface area contributed by atoms with Crippen molar-refractivity contribution in [2.75, 3.05) is 7.11 Å². The molecule has 1 unspecified atom stereocenters. The van der Waals surface area contributed by atoms with Crippen molar-refractivity contribution in [3.63, 3.8) is 0 Å². The van der Waals surface area contributed by atoms with Crippen molar-refractivity contribution < 1.29 is 14.6 Å². The number of pyridine rings is 1. The zero-order chi connectivity index (χ0) is 16.6. The van der Waals surface area contributed by atoms with Crippen LogP contribution < -0.4 is 4.74 Å². The fourth-order valence-electron chi connectivity index (χ4n) is 2.50. The number of carboxylic acid groups (broad SMARTS) is 1. The number of aromatic nitrogens is 3. The van der Waals surface area contributed by atoms with Gasteiger partial charge in [0.1, 0.15) is 23.1 Å². The summed E-state index contributed by atoms with van der Waals surface area (Å²) in [5.74, 6) is 0.383. The molecule has 0 saturated heterocycles. The van der Waals surface area contributed by atoms with Crippen LogP contribution in [-0.2, 0) is 4.79 Å². The Morgan fingerprint density at radius 3 is 2.61 bits per heavy atom. The molecule has 0 aliphatic rings. The summed E-state index contributed by atoms with van der Waals surface area (Å²) < 4.78 is 6.81. The first kappa shape index (κ1) is 15.0. The molecule has 0 amide bonds. The molecule has 0 fully saturated rings. The number of rotatable bonds is 4. The minimum Gasteiger partial charge on any atom is -0.497 e. The normalized spacial score (nSPS) is 12.3. The Kier molecular flexibility index (Phi) is 3.73. The van der Waals surface area contributed by atoms with Gasteiger partial charge in [-0.05, 0) is 49.7 Å². The van der Waals surface area contributed by atoms with Gasteiger partial charge in [0.05, 0.1) is 7.11 Å². The number of benzene rings is 1. The van der Waals surface area contributed by atoms with Crippen LogP contribution in [0, 0.1) is 6.92 Å². The Morgan fingerprint density at radius 2 is 2.00 bits per heavy atom. The Morgan fingerprint density at radius 1 is 1.30 bits per heavy atom. The van der Waals surface area contributed by atoms with Crippen molar-refractivity contribution in [1.82, 2.24) is 14.5 Å². The van der Waals surface area contributed by atoms with Crippen molar-refractivity contribution in [2.45, 2.75) is 19.9 Å². The topological polar surface area (TPSA) is 77.2 Å². The molecule has 0 aliphatic heterocycles. The number of hydrogen-bond donors (Lipinski definition) is 1. The van der Waals surface area contributed by atoms with E-state index in [0.29, 0.717) is 17.0 Å². The van der Waals surface area contributed by atoms with Gasteiger partial charge in [-0.25, -0.2) is 14.8 Å². The van der Waals surface area contributed by atoms with Crippen molar-refractivity contribution in [1.29, 1.82) is 0 Å². The monoisotopic (exact) mass is 311 g/mol. The third kappa shape index (κ3) is 2.63. The molecule has 6 nitrogen and oxygen atoms in total. The van der Waals surface area contributed by atoms with Gasteiger partial charge >= 0.3 is 5.97 Å². The van der Waals surface area contributed by atoms with E-state index in [1.807, 2.05) is 37.3 Å². The van der Waals surface area contributed by atoms with Crippen molar-refractivity contribution >= 4 is 17.1 Å². The van der Waals surface area contributed by atoms with Crippen LogP contribution in [0.5, 0.6) is 5.75 Å². The highest BCUT2D eigenvalue weighted by molar-refractivity contribution is 5.82. The maximum absolute atomic E-state index is 11.5.